The van der Waals surface area contributed by atoms with Crippen LogP contribution in [0.15, 0.2) is 64.3 Å². The molecule has 0 radical (unpaired) electrons. The molecule has 1 aliphatic heterocycles. The molecule has 2 heterocycles. The smallest absolute Gasteiger partial charge is 0.338 e. The van der Waals surface area contributed by atoms with Crippen LogP contribution in [0.4, 0.5) is 0 Å². The molecule has 0 unspecified atom stereocenters. The summed E-state index contributed by atoms with van der Waals surface area (Å²) in [6.07, 6.45) is -1.34. The van der Waals surface area contributed by atoms with Crippen LogP contribution in [-0.4, -0.2) is 46.6 Å². The number of hydrogen-bond donors (Lipinski definition) is 1. The van der Waals surface area contributed by atoms with Gasteiger partial charge in [0, 0.05) is 12.6 Å². The van der Waals surface area contributed by atoms with E-state index in [2.05, 4.69) is 4.98 Å². The van der Waals surface area contributed by atoms with Gasteiger partial charge in [0.25, 0.3) is 5.56 Å². The normalized spacial score (nSPS) is 19.0. The van der Waals surface area contributed by atoms with E-state index in [1.54, 1.807) is 48.5 Å². The molecule has 10 nitrogen and oxygen atoms in total. The first-order valence-electron chi connectivity index (χ1n) is 11.2. The summed E-state index contributed by atoms with van der Waals surface area (Å²) in [5.41, 5.74) is 0.741. The fraction of sp³-hybridized carbons (Fsp3) is 0.269. The molecule has 10 heteroatoms. The van der Waals surface area contributed by atoms with Crippen molar-refractivity contribution in [2.24, 2.45) is 0 Å². The lowest BCUT2D eigenvalue weighted by molar-refractivity contribution is -0.0582. The predicted molar refractivity (Wildman–Crippen MR) is 127 cm³/mol. The zero-order valence-electron chi connectivity index (χ0n) is 19.6. The molecule has 0 saturated carbocycles. The van der Waals surface area contributed by atoms with Crippen molar-refractivity contribution in [3.05, 3.63) is 103 Å². The molecule has 1 N–H and O–H groups in total. The van der Waals surface area contributed by atoms with Crippen molar-refractivity contribution >= 4 is 18.2 Å². The number of benzene rings is 2. The van der Waals surface area contributed by atoms with Gasteiger partial charge < -0.3 is 14.2 Å². The van der Waals surface area contributed by atoms with Gasteiger partial charge in [0.2, 0.25) is 0 Å². The maximum Gasteiger partial charge on any atom is 0.338 e. The van der Waals surface area contributed by atoms with Crippen LogP contribution >= 0.6 is 0 Å². The minimum Gasteiger partial charge on any atom is -0.459 e. The van der Waals surface area contributed by atoms with Crippen LogP contribution in [0, 0.1) is 13.8 Å². The topological polar surface area (TPSA) is 134 Å². The second-order valence-corrected chi connectivity index (χ2v) is 8.51. The molecule has 1 saturated heterocycles. The number of nitrogens with zero attached hydrogens (tertiary/aromatic N) is 1. The number of carbonyl (C=O) groups is 3. The molecule has 0 amide bonds. The summed E-state index contributed by atoms with van der Waals surface area (Å²) in [7, 11) is 0. The molecule has 3 aromatic rings. The minimum atomic E-state index is -0.980. The van der Waals surface area contributed by atoms with Crippen molar-refractivity contribution in [2.45, 2.75) is 38.7 Å². The Labute approximate surface area is 205 Å². The first-order chi connectivity index (χ1) is 17.2. The molecule has 2 aromatic carbocycles. The summed E-state index contributed by atoms with van der Waals surface area (Å²) in [5, 5.41) is 0. The molecule has 36 heavy (non-hydrogen) atoms. The van der Waals surface area contributed by atoms with Gasteiger partial charge in [0.05, 0.1) is 16.7 Å². The minimum absolute atomic E-state index is 0.0224. The van der Waals surface area contributed by atoms with Crippen molar-refractivity contribution in [1.82, 2.24) is 9.55 Å². The Bertz CT molecular complexity index is 1390. The highest BCUT2D eigenvalue weighted by atomic mass is 16.6. The molecule has 0 bridgehead atoms. The van der Waals surface area contributed by atoms with Crippen molar-refractivity contribution in [2.75, 3.05) is 6.61 Å². The summed E-state index contributed by atoms with van der Waals surface area (Å²) in [5.74, 6) is -1.20. The fourth-order valence-corrected chi connectivity index (χ4v) is 3.77. The number of nitrogens with one attached hydrogen (secondary N) is 1. The third kappa shape index (κ3) is 5.49. The Morgan fingerprint density at radius 2 is 1.58 bits per heavy atom. The molecule has 1 aromatic heterocycles. The van der Waals surface area contributed by atoms with Crippen molar-refractivity contribution in [3.8, 4) is 0 Å². The summed E-state index contributed by atoms with van der Waals surface area (Å²) >= 11 is 0. The lowest BCUT2D eigenvalue weighted by Crippen LogP contribution is -2.34. The molecule has 186 valence electrons. The summed E-state index contributed by atoms with van der Waals surface area (Å²) in [6, 6.07) is 13.6. The highest BCUT2D eigenvalue weighted by Gasteiger charge is 2.40. The molecular formula is C26H24N2O8. The van der Waals surface area contributed by atoms with Crippen LogP contribution in [-0.2, 0) is 14.2 Å². The molecular weight excluding hydrogens is 468 g/mol. The van der Waals surface area contributed by atoms with Crippen molar-refractivity contribution < 1.29 is 28.6 Å². The average molecular weight is 492 g/mol. The van der Waals surface area contributed by atoms with E-state index in [1.165, 1.54) is 0 Å². The van der Waals surface area contributed by atoms with Gasteiger partial charge in [-0.1, -0.05) is 35.4 Å². The van der Waals surface area contributed by atoms with Crippen LogP contribution in [0.1, 0.15) is 54.8 Å². The predicted octanol–water partition coefficient (Wildman–Crippen LogP) is 2.34. The number of aryl methyl sites for hydroxylation is 2. The zero-order chi connectivity index (χ0) is 25.8. The SMILES string of the molecule is Cc1ccc(C(=O)OC[C@@H]2O[C@H](n3cc(C=O)c(=O)[nH]c3=O)C[C@@H]2OC(=O)c2ccc(C)cc2)cc1. The van der Waals surface area contributed by atoms with Crippen LogP contribution in [0.2, 0.25) is 0 Å². The highest BCUT2D eigenvalue weighted by Crippen LogP contribution is 2.31. The van der Waals surface area contributed by atoms with Crippen LogP contribution < -0.4 is 11.2 Å². The number of carbonyl (C=O) groups excluding carboxylic acids is 3. The number of aldehydes is 1. The summed E-state index contributed by atoms with van der Waals surface area (Å²) in [4.78, 5) is 62.6. The number of aromatic amines is 1. The molecule has 3 atom stereocenters. The highest BCUT2D eigenvalue weighted by molar-refractivity contribution is 5.90. The molecule has 0 spiro atoms. The maximum atomic E-state index is 12.8. The first-order valence-corrected chi connectivity index (χ1v) is 11.2. The molecule has 0 aliphatic carbocycles. The van der Waals surface area contributed by atoms with Gasteiger partial charge in [0.15, 0.2) is 6.29 Å². The number of ether oxygens (including phenoxy) is 3. The largest absolute Gasteiger partial charge is 0.459 e. The summed E-state index contributed by atoms with van der Waals surface area (Å²) < 4.78 is 18.0. The Balaban J connectivity index is 1.55. The molecule has 4 rings (SSSR count). The van der Waals surface area contributed by atoms with Gasteiger partial charge in [-0.25, -0.2) is 14.4 Å². The third-order valence-electron chi connectivity index (χ3n) is 5.82. The van der Waals surface area contributed by atoms with Gasteiger partial charge in [-0.3, -0.25) is 19.1 Å². The lowest BCUT2D eigenvalue weighted by atomic mass is 10.1. The van der Waals surface area contributed by atoms with E-state index in [0.29, 0.717) is 17.4 Å². The van der Waals surface area contributed by atoms with Gasteiger partial charge in [0.1, 0.15) is 25.0 Å². The van der Waals surface area contributed by atoms with Crippen molar-refractivity contribution in [1.29, 1.82) is 0 Å². The van der Waals surface area contributed by atoms with Gasteiger partial charge >= 0.3 is 17.6 Å². The van der Waals surface area contributed by atoms with E-state index in [1.807, 2.05) is 13.8 Å². The lowest BCUT2D eigenvalue weighted by Gasteiger charge is -2.19. The van der Waals surface area contributed by atoms with Crippen LogP contribution in [0.25, 0.3) is 0 Å². The molecule has 1 fully saturated rings. The van der Waals surface area contributed by atoms with Crippen LogP contribution in [0.3, 0.4) is 0 Å². The zero-order valence-corrected chi connectivity index (χ0v) is 19.6. The van der Waals surface area contributed by atoms with Gasteiger partial charge in [-0.15, -0.1) is 0 Å². The second-order valence-electron chi connectivity index (χ2n) is 8.51. The standard InChI is InChI=1S/C26H24N2O8/c1-15-3-7-17(8-4-15)24(31)34-14-21-20(36-25(32)18-9-5-16(2)6-10-18)11-22(35-21)28-12-19(13-29)23(30)27-26(28)33/h3-10,12-13,20-22H,11,14H2,1-2H3,(H,27,30,33)/t20-,21-,22-/m0/s1. The Morgan fingerprint density at radius 1 is 1.00 bits per heavy atom. The van der Waals surface area contributed by atoms with E-state index < -0.39 is 41.6 Å². The Morgan fingerprint density at radius 3 is 2.17 bits per heavy atom. The third-order valence-corrected chi connectivity index (χ3v) is 5.82. The monoisotopic (exact) mass is 492 g/mol. The number of esters is 2. The number of aromatic nitrogens is 2. The van der Waals surface area contributed by atoms with E-state index in [9.17, 15) is 24.0 Å². The van der Waals surface area contributed by atoms with Crippen LogP contribution in [0.5, 0.6) is 0 Å². The quantitative estimate of drug-likeness (QED) is 0.392. The summed E-state index contributed by atoms with van der Waals surface area (Å²) in [6.45, 7) is 3.52. The average Bonchev–Trinajstić information content (AvgIpc) is 3.25. The van der Waals surface area contributed by atoms with Crippen molar-refractivity contribution in [3.63, 3.8) is 0 Å². The number of rotatable bonds is 7. The van der Waals surface area contributed by atoms with E-state index in [4.69, 9.17) is 14.2 Å². The number of hydrogen-bond acceptors (Lipinski definition) is 8. The maximum absolute atomic E-state index is 12.8. The van der Waals surface area contributed by atoms with E-state index in [-0.39, 0.29) is 18.6 Å². The Hall–Kier alpha value is -4.31. The Kier molecular flexibility index (Phi) is 7.25. The van der Waals surface area contributed by atoms with E-state index >= 15 is 0 Å². The fourth-order valence-electron chi connectivity index (χ4n) is 3.77. The number of H-pyrrole nitrogens is 1. The molecule has 1 aliphatic rings. The van der Waals surface area contributed by atoms with E-state index in [0.717, 1.165) is 21.9 Å². The first kappa shape index (κ1) is 24.8. The van der Waals surface area contributed by atoms with Gasteiger partial charge in [-0.2, -0.15) is 0 Å². The van der Waals surface area contributed by atoms with Gasteiger partial charge in [-0.05, 0) is 38.1 Å². The second kappa shape index (κ2) is 10.5.